The molecule has 1 amide bonds. The number of ketones is 1. The second-order valence-corrected chi connectivity index (χ2v) is 8.58. The first kappa shape index (κ1) is 24.4. The third-order valence-corrected chi connectivity index (χ3v) is 6.10. The lowest BCUT2D eigenvalue weighted by Crippen LogP contribution is -2.30. The van der Waals surface area contributed by atoms with Crippen molar-refractivity contribution < 1.29 is 24.2 Å². The number of nitrogens with zero attached hydrogens (tertiary/aromatic N) is 1. The van der Waals surface area contributed by atoms with Gasteiger partial charge in [0.05, 0.1) is 25.8 Å². The van der Waals surface area contributed by atoms with Crippen LogP contribution in [0.25, 0.3) is 5.76 Å². The number of benzene rings is 2. The van der Waals surface area contributed by atoms with E-state index in [4.69, 9.17) is 9.47 Å². The second-order valence-electron chi connectivity index (χ2n) is 8.58. The van der Waals surface area contributed by atoms with Crippen molar-refractivity contribution in [1.82, 2.24) is 4.90 Å². The van der Waals surface area contributed by atoms with Gasteiger partial charge in [0.2, 0.25) is 0 Å². The van der Waals surface area contributed by atoms with E-state index in [2.05, 4.69) is 6.92 Å². The average Bonchev–Trinajstić information content (AvgIpc) is 3.08. The molecule has 1 aliphatic heterocycles. The Morgan fingerprint density at radius 2 is 1.73 bits per heavy atom. The van der Waals surface area contributed by atoms with Gasteiger partial charge in [-0.25, -0.2) is 0 Å². The summed E-state index contributed by atoms with van der Waals surface area (Å²) in [7, 11) is 3.19. The Hall–Kier alpha value is -3.28. The summed E-state index contributed by atoms with van der Waals surface area (Å²) >= 11 is 0. The van der Waals surface area contributed by atoms with Crippen LogP contribution in [0.4, 0.5) is 0 Å². The van der Waals surface area contributed by atoms with Crippen LogP contribution in [0.2, 0.25) is 0 Å². The number of hydrogen-bond donors (Lipinski definition) is 1. The Morgan fingerprint density at radius 3 is 2.30 bits per heavy atom. The number of ether oxygens (including phenoxy) is 2. The number of aliphatic hydroxyl groups excluding tert-OH is 1. The van der Waals surface area contributed by atoms with Crippen molar-refractivity contribution in [3.05, 3.63) is 64.7 Å². The molecule has 0 spiro atoms. The minimum atomic E-state index is -0.660. The minimum absolute atomic E-state index is 0.113. The van der Waals surface area contributed by atoms with Crippen LogP contribution in [0.5, 0.6) is 11.5 Å². The summed E-state index contributed by atoms with van der Waals surface area (Å²) < 4.78 is 10.7. The van der Waals surface area contributed by atoms with Crippen LogP contribution >= 0.6 is 0 Å². The van der Waals surface area contributed by atoms with Gasteiger partial charge in [-0.1, -0.05) is 45.7 Å². The monoisotopic (exact) mass is 451 g/mol. The number of methoxy groups -OCH3 is 2. The molecule has 2 aromatic carbocycles. The quantitative estimate of drug-likeness (QED) is 0.238. The summed E-state index contributed by atoms with van der Waals surface area (Å²) in [5.74, 6) is 0.141. The molecule has 1 unspecified atom stereocenters. The standard InChI is InChI=1S/C27H33NO5/c1-6-7-8-15-28-24(18-9-12-20(32-4)13-10-18)23(26(30)27(28)31)25(29)19-11-14-22(33-5)21(16-19)17(2)3/h9-14,16-17,24,29H,6-8,15H2,1-5H3/b25-23-. The van der Waals surface area contributed by atoms with Gasteiger partial charge in [0.15, 0.2) is 0 Å². The number of likely N-dealkylation sites (tertiary alicyclic amines) is 1. The SMILES string of the molecule is CCCCCN1C(=O)C(=O)/C(=C(\O)c2ccc(OC)c(C(C)C)c2)C1c1ccc(OC)cc1. The molecule has 1 atom stereocenters. The minimum Gasteiger partial charge on any atom is -0.507 e. The predicted octanol–water partition coefficient (Wildman–Crippen LogP) is 5.44. The van der Waals surface area contributed by atoms with Crippen molar-refractivity contribution >= 4 is 17.4 Å². The van der Waals surface area contributed by atoms with Crippen LogP contribution in [0.15, 0.2) is 48.0 Å². The highest BCUT2D eigenvalue weighted by molar-refractivity contribution is 6.46. The molecule has 2 aromatic rings. The molecule has 1 N–H and O–H groups in total. The van der Waals surface area contributed by atoms with Crippen LogP contribution in [0.3, 0.4) is 0 Å². The van der Waals surface area contributed by atoms with E-state index in [1.807, 2.05) is 32.0 Å². The third-order valence-electron chi connectivity index (χ3n) is 6.10. The van der Waals surface area contributed by atoms with Crippen LogP contribution in [0.1, 0.15) is 68.7 Å². The Labute approximate surface area is 195 Å². The number of amides is 1. The lowest BCUT2D eigenvalue weighted by molar-refractivity contribution is -0.139. The van der Waals surface area contributed by atoms with Gasteiger partial charge in [-0.3, -0.25) is 9.59 Å². The maximum Gasteiger partial charge on any atom is 0.295 e. The number of carbonyl (C=O) groups is 2. The van der Waals surface area contributed by atoms with E-state index >= 15 is 0 Å². The molecule has 33 heavy (non-hydrogen) atoms. The first-order valence-corrected chi connectivity index (χ1v) is 11.4. The molecule has 0 aromatic heterocycles. The van der Waals surface area contributed by atoms with Crippen molar-refractivity contribution in [2.45, 2.75) is 52.0 Å². The van der Waals surface area contributed by atoms with Gasteiger partial charge < -0.3 is 19.5 Å². The molecule has 0 aliphatic carbocycles. The summed E-state index contributed by atoms with van der Waals surface area (Å²) in [6.07, 6.45) is 2.74. The zero-order valence-electron chi connectivity index (χ0n) is 20.1. The van der Waals surface area contributed by atoms with E-state index in [0.717, 1.165) is 30.4 Å². The van der Waals surface area contributed by atoms with Gasteiger partial charge >= 0.3 is 0 Å². The molecular weight excluding hydrogens is 418 g/mol. The number of hydrogen-bond acceptors (Lipinski definition) is 5. The predicted molar refractivity (Wildman–Crippen MR) is 129 cm³/mol. The molecule has 0 bridgehead atoms. The largest absolute Gasteiger partial charge is 0.507 e. The summed E-state index contributed by atoms with van der Waals surface area (Å²) in [6, 6.07) is 11.9. The van der Waals surface area contributed by atoms with Crippen LogP contribution in [0, 0.1) is 0 Å². The Balaban J connectivity index is 2.15. The highest BCUT2D eigenvalue weighted by atomic mass is 16.5. The first-order chi connectivity index (χ1) is 15.8. The number of aliphatic hydroxyl groups is 1. The van der Waals surface area contributed by atoms with Crippen molar-refractivity contribution in [3.63, 3.8) is 0 Å². The first-order valence-electron chi connectivity index (χ1n) is 11.4. The number of rotatable bonds is 9. The molecule has 1 fully saturated rings. The van der Waals surface area contributed by atoms with Crippen molar-refractivity contribution in [2.75, 3.05) is 20.8 Å². The van der Waals surface area contributed by atoms with Crippen LogP contribution in [-0.2, 0) is 9.59 Å². The fourth-order valence-electron chi connectivity index (χ4n) is 4.26. The fourth-order valence-corrected chi connectivity index (χ4v) is 4.26. The lowest BCUT2D eigenvalue weighted by atomic mass is 9.93. The highest BCUT2D eigenvalue weighted by Crippen LogP contribution is 2.41. The summed E-state index contributed by atoms with van der Waals surface area (Å²) in [6.45, 7) is 6.61. The van der Waals surface area contributed by atoms with E-state index in [1.165, 1.54) is 0 Å². The van der Waals surface area contributed by atoms with E-state index in [9.17, 15) is 14.7 Å². The van der Waals surface area contributed by atoms with E-state index in [1.54, 1.807) is 43.4 Å². The number of unbranched alkanes of at least 4 members (excludes halogenated alkanes) is 2. The average molecular weight is 452 g/mol. The zero-order valence-corrected chi connectivity index (χ0v) is 20.1. The molecule has 1 aliphatic rings. The van der Waals surface area contributed by atoms with Gasteiger partial charge in [-0.05, 0) is 53.8 Å². The van der Waals surface area contributed by atoms with E-state index in [-0.39, 0.29) is 17.3 Å². The molecule has 176 valence electrons. The van der Waals surface area contributed by atoms with E-state index < -0.39 is 17.7 Å². The van der Waals surface area contributed by atoms with Gasteiger partial charge in [-0.15, -0.1) is 0 Å². The van der Waals surface area contributed by atoms with Gasteiger partial charge in [-0.2, -0.15) is 0 Å². The van der Waals surface area contributed by atoms with Crippen molar-refractivity contribution in [3.8, 4) is 11.5 Å². The van der Waals surface area contributed by atoms with Gasteiger partial charge in [0, 0.05) is 12.1 Å². The van der Waals surface area contributed by atoms with Crippen LogP contribution < -0.4 is 9.47 Å². The Kier molecular flexibility index (Phi) is 7.79. The van der Waals surface area contributed by atoms with Gasteiger partial charge in [0.25, 0.3) is 11.7 Å². The second kappa shape index (κ2) is 10.6. The molecule has 3 rings (SSSR count). The normalized spacial score (nSPS) is 17.6. The van der Waals surface area contributed by atoms with Crippen molar-refractivity contribution in [1.29, 1.82) is 0 Å². The molecule has 1 heterocycles. The maximum absolute atomic E-state index is 13.2. The number of Topliss-reactive ketones (excluding diaryl/α,β-unsaturated/α-hetero) is 1. The fraction of sp³-hybridized carbons (Fsp3) is 0.407. The van der Waals surface area contributed by atoms with E-state index in [0.29, 0.717) is 23.6 Å². The molecule has 6 heteroatoms. The highest BCUT2D eigenvalue weighted by Gasteiger charge is 2.45. The molecule has 1 saturated heterocycles. The Bertz CT molecular complexity index is 1040. The molecule has 6 nitrogen and oxygen atoms in total. The summed E-state index contributed by atoms with van der Waals surface area (Å²) in [5.41, 5.74) is 2.27. The topological polar surface area (TPSA) is 76.1 Å². The molecule has 0 saturated carbocycles. The zero-order chi connectivity index (χ0) is 24.1. The summed E-state index contributed by atoms with van der Waals surface area (Å²) in [5, 5.41) is 11.3. The lowest BCUT2D eigenvalue weighted by Gasteiger charge is -2.25. The van der Waals surface area contributed by atoms with Crippen molar-refractivity contribution in [2.24, 2.45) is 0 Å². The third kappa shape index (κ3) is 4.90. The smallest absolute Gasteiger partial charge is 0.295 e. The van der Waals surface area contributed by atoms with Crippen LogP contribution in [-0.4, -0.2) is 42.5 Å². The Morgan fingerprint density at radius 1 is 1.03 bits per heavy atom. The maximum atomic E-state index is 13.2. The molecular formula is C27H33NO5. The van der Waals surface area contributed by atoms with Gasteiger partial charge in [0.1, 0.15) is 17.3 Å². The summed E-state index contributed by atoms with van der Waals surface area (Å²) in [4.78, 5) is 27.7. The number of carbonyl (C=O) groups excluding carboxylic acids is 2. The molecule has 0 radical (unpaired) electrons.